The minimum absolute atomic E-state index is 0.138. The zero-order chi connectivity index (χ0) is 24.2. The molecule has 3 unspecified atom stereocenters. The van der Waals surface area contributed by atoms with E-state index < -0.39 is 12.0 Å². The van der Waals surface area contributed by atoms with E-state index in [1.54, 1.807) is 18.5 Å². The van der Waals surface area contributed by atoms with Crippen LogP contribution in [-0.2, 0) is 6.61 Å². The number of ether oxygens (including phenoxy) is 1. The number of nitrogens with zero attached hydrogens (tertiary/aromatic N) is 1. The molecule has 180 valence electrons. The molecule has 2 aliphatic rings. The summed E-state index contributed by atoms with van der Waals surface area (Å²) in [4.78, 5) is 4.11. The molecule has 1 fully saturated rings. The zero-order valence-corrected chi connectivity index (χ0v) is 19.9. The third-order valence-corrected chi connectivity index (χ3v) is 7.08. The van der Waals surface area contributed by atoms with Crippen molar-refractivity contribution in [3.63, 3.8) is 0 Å². The molecule has 1 N–H and O–H groups in total. The second kappa shape index (κ2) is 10.5. The first-order valence-electron chi connectivity index (χ1n) is 12.2. The number of rotatable bonds is 6. The van der Waals surface area contributed by atoms with Gasteiger partial charge in [0.25, 0.3) is 0 Å². The molecule has 2 heterocycles. The Morgan fingerprint density at radius 2 is 1.97 bits per heavy atom. The van der Waals surface area contributed by atoms with E-state index >= 15 is 0 Å². The number of halogens is 2. The fraction of sp³-hybridized carbons (Fsp3) is 0.300. The van der Waals surface area contributed by atoms with Crippen LogP contribution in [0.4, 0.5) is 8.78 Å². The van der Waals surface area contributed by atoms with Gasteiger partial charge in [0.1, 0.15) is 24.4 Å². The molecule has 0 amide bonds. The first kappa shape index (κ1) is 23.4. The van der Waals surface area contributed by atoms with Crippen LogP contribution in [0, 0.1) is 12.8 Å². The van der Waals surface area contributed by atoms with E-state index in [1.165, 1.54) is 11.1 Å². The molecule has 0 radical (unpaired) electrons. The van der Waals surface area contributed by atoms with Gasteiger partial charge in [-0.15, -0.1) is 0 Å². The van der Waals surface area contributed by atoms with Crippen LogP contribution in [0.15, 0.2) is 90.5 Å². The number of piperidine rings is 1. The molecular formula is C30H30F2N2O. The highest BCUT2D eigenvalue weighted by Crippen LogP contribution is 2.41. The number of allylic oxidation sites excluding steroid dienone is 4. The molecule has 1 aliphatic heterocycles. The van der Waals surface area contributed by atoms with Crippen molar-refractivity contribution in [1.29, 1.82) is 0 Å². The lowest BCUT2D eigenvalue weighted by molar-refractivity contribution is 0.305. The lowest BCUT2D eigenvalue weighted by atomic mass is 9.73. The Kier molecular flexibility index (Phi) is 7.05. The third-order valence-electron chi connectivity index (χ3n) is 7.08. The van der Waals surface area contributed by atoms with Gasteiger partial charge in [-0.3, -0.25) is 4.98 Å². The number of aryl methyl sites for hydroxylation is 1. The summed E-state index contributed by atoms with van der Waals surface area (Å²) in [6, 6.07) is 18.6. The highest BCUT2D eigenvalue weighted by molar-refractivity contribution is 5.68. The van der Waals surface area contributed by atoms with E-state index in [0.717, 1.165) is 53.6 Å². The predicted molar refractivity (Wildman–Crippen MR) is 136 cm³/mol. The van der Waals surface area contributed by atoms with Gasteiger partial charge in [-0.2, -0.15) is 0 Å². The average Bonchev–Trinajstić information content (AvgIpc) is 2.88. The molecule has 3 atom stereocenters. The van der Waals surface area contributed by atoms with E-state index in [1.807, 2.05) is 24.3 Å². The number of hydrogen-bond donors (Lipinski definition) is 1. The maximum atomic E-state index is 14.1. The SMILES string of the molecule is Cc1cc(-c2ccccc2COc2cccnc2)ccc1C1CNCCC1C1=CC(F)=CC(F)C1. The quantitative estimate of drug-likeness (QED) is 0.426. The summed E-state index contributed by atoms with van der Waals surface area (Å²) in [5.74, 6) is 0.613. The van der Waals surface area contributed by atoms with Gasteiger partial charge in [0.15, 0.2) is 0 Å². The maximum Gasteiger partial charge on any atom is 0.138 e. The first-order valence-corrected chi connectivity index (χ1v) is 12.2. The standard InChI is InChI=1S/C30H30F2N2O/c1-20-13-21(28-7-3-2-5-22(28)19-35-26-6-4-11-33-17-26)8-9-27(20)30-18-34-12-10-29(30)23-14-24(31)16-25(32)15-23/h2-9,11,13-14,16-17,25,29-30,34H,10,12,15,18-19H2,1H3. The van der Waals surface area contributed by atoms with E-state index in [-0.39, 0.29) is 18.3 Å². The zero-order valence-electron chi connectivity index (χ0n) is 19.9. The van der Waals surface area contributed by atoms with E-state index in [4.69, 9.17) is 4.74 Å². The fourth-order valence-corrected chi connectivity index (χ4v) is 5.41. The van der Waals surface area contributed by atoms with Crippen LogP contribution in [-0.4, -0.2) is 24.2 Å². The van der Waals surface area contributed by atoms with Crippen LogP contribution in [0.5, 0.6) is 5.75 Å². The second-order valence-electron chi connectivity index (χ2n) is 9.40. The van der Waals surface area contributed by atoms with Crippen LogP contribution >= 0.6 is 0 Å². The average molecular weight is 473 g/mol. The summed E-state index contributed by atoms with van der Waals surface area (Å²) in [6.45, 7) is 4.25. The van der Waals surface area contributed by atoms with E-state index in [2.05, 4.69) is 47.6 Å². The van der Waals surface area contributed by atoms with Crippen molar-refractivity contribution in [2.45, 2.75) is 38.5 Å². The molecular weight excluding hydrogens is 442 g/mol. The summed E-state index contributed by atoms with van der Waals surface area (Å²) in [5.41, 5.74) is 6.68. The normalized spacial score (nSPS) is 22.3. The van der Waals surface area contributed by atoms with Crippen LogP contribution < -0.4 is 10.1 Å². The van der Waals surface area contributed by atoms with Crippen LogP contribution in [0.2, 0.25) is 0 Å². The lowest BCUT2D eigenvalue weighted by Gasteiger charge is -2.36. The van der Waals surface area contributed by atoms with Crippen LogP contribution in [0.3, 0.4) is 0 Å². The molecule has 1 saturated heterocycles. The summed E-state index contributed by atoms with van der Waals surface area (Å²) >= 11 is 0. The number of benzene rings is 2. The van der Waals surface area contributed by atoms with Crippen molar-refractivity contribution in [3.05, 3.63) is 107 Å². The van der Waals surface area contributed by atoms with Gasteiger partial charge in [-0.05, 0) is 77.9 Å². The minimum atomic E-state index is -1.24. The number of alkyl halides is 1. The van der Waals surface area contributed by atoms with Gasteiger partial charge < -0.3 is 10.1 Å². The molecule has 0 spiro atoms. The van der Waals surface area contributed by atoms with Crippen molar-refractivity contribution in [1.82, 2.24) is 10.3 Å². The Morgan fingerprint density at radius 1 is 1.09 bits per heavy atom. The fourth-order valence-electron chi connectivity index (χ4n) is 5.41. The molecule has 3 nitrogen and oxygen atoms in total. The minimum Gasteiger partial charge on any atom is -0.487 e. The highest BCUT2D eigenvalue weighted by Gasteiger charge is 2.32. The molecule has 1 aromatic heterocycles. The Hall–Kier alpha value is -3.31. The van der Waals surface area contributed by atoms with Gasteiger partial charge in [-0.25, -0.2) is 8.78 Å². The largest absolute Gasteiger partial charge is 0.487 e. The van der Waals surface area contributed by atoms with Crippen molar-refractivity contribution in [3.8, 4) is 16.9 Å². The molecule has 2 aromatic carbocycles. The predicted octanol–water partition coefficient (Wildman–Crippen LogP) is 6.85. The highest BCUT2D eigenvalue weighted by atomic mass is 19.1. The number of pyridine rings is 1. The Balaban J connectivity index is 1.40. The van der Waals surface area contributed by atoms with Crippen molar-refractivity contribution < 1.29 is 13.5 Å². The van der Waals surface area contributed by atoms with Gasteiger partial charge in [0, 0.05) is 25.1 Å². The number of aromatic nitrogens is 1. The van der Waals surface area contributed by atoms with Gasteiger partial charge in [0.05, 0.1) is 6.20 Å². The second-order valence-corrected chi connectivity index (χ2v) is 9.40. The summed E-state index contributed by atoms with van der Waals surface area (Å²) in [5, 5.41) is 3.49. The molecule has 0 saturated carbocycles. The van der Waals surface area contributed by atoms with Gasteiger partial charge in [-0.1, -0.05) is 48.0 Å². The van der Waals surface area contributed by atoms with E-state index in [0.29, 0.717) is 6.61 Å². The van der Waals surface area contributed by atoms with Gasteiger partial charge >= 0.3 is 0 Å². The number of nitrogens with one attached hydrogen (secondary N) is 1. The summed E-state index contributed by atoms with van der Waals surface area (Å²) in [6.07, 6.45) is 6.01. The van der Waals surface area contributed by atoms with Crippen LogP contribution in [0.25, 0.3) is 11.1 Å². The molecule has 5 rings (SSSR count). The topological polar surface area (TPSA) is 34.1 Å². The Bertz CT molecular complexity index is 1240. The summed E-state index contributed by atoms with van der Waals surface area (Å²) in [7, 11) is 0. The monoisotopic (exact) mass is 472 g/mol. The van der Waals surface area contributed by atoms with Gasteiger partial charge in [0.2, 0.25) is 0 Å². The van der Waals surface area contributed by atoms with Crippen molar-refractivity contribution in [2.24, 2.45) is 5.92 Å². The molecule has 3 aromatic rings. The Morgan fingerprint density at radius 3 is 2.77 bits per heavy atom. The van der Waals surface area contributed by atoms with Crippen LogP contribution in [0.1, 0.15) is 35.4 Å². The molecule has 35 heavy (non-hydrogen) atoms. The maximum absolute atomic E-state index is 14.1. The first-order chi connectivity index (χ1) is 17.1. The van der Waals surface area contributed by atoms with Crippen molar-refractivity contribution >= 4 is 0 Å². The molecule has 1 aliphatic carbocycles. The number of hydrogen-bond acceptors (Lipinski definition) is 3. The third kappa shape index (κ3) is 5.35. The van der Waals surface area contributed by atoms with E-state index in [9.17, 15) is 8.78 Å². The Labute approximate surface area is 205 Å². The molecule has 5 heteroatoms. The lowest BCUT2D eigenvalue weighted by Crippen LogP contribution is -2.37. The smallest absolute Gasteiger partial charge is 0.138 e. The van der Waals surface area contributed by atoms with Crippen molar-refractivity contribution in [2.75, 3.05) is 13.1 Å². The summed E-state index contributed by atoms with van der Waals surface area (Å²) < 4.78 is 34.1. The molecule has 0 bridgehead atoms.